The first-order valence-electron chi connectivity index (χ1n) is 9.35. The minimum absolute atomic E-state index is 0.107. The number of aryl methyl sites for hydroxylation is 2. The van der Waals surface area contributed by atoms with Gasteiger partial charge in [0.05, 0.1) is 6.20 Å². The first kappa shape index (κ1) is 19.9. The van der Waals surface area contributed by atoms with E-state index in [-0.39, 0.29) is 5.91 Å². The molecule has 0 unspecified atom stereocenters. The van der Waals surface area contributed by atoms with Gasteiger partial charge < -0.3 is 5.32 Å². The SMILES string of the molecule is CCC(CC)c1nnc(NC(=O)CCc2c(C)nc3c(C#N)cnn3c2C)s1. The van der Waals surface area contributed by atoms with Crippen molar-refractivity contribution in [3.05, 3.63) is 33.7 Å². The summed E-state index contributed by atoms with van der Waals surface area (Å²) in [6.07, 6.45) is 4.37. The van der Waals surface area contributed by atoms with Crippen LogP contribution in [0.5, 0.6) is 0 Å². The Labute approximate surface area is 167 Å². The lowest BCUT2D eigenvalue weighted by Gasteiger charge is -2.10. The molecule has 0 fully saturated rings. The van der Waals surface area contributed by atoms with Crippen molar-refractivity contribution in [3.63, 3.8) is 0 Å². The van der Waals surface area contributed by atoms with Crippen LogP contribution in [0.15, 0.2) is 6.20 Å². The molecule has 3 aromatic rings. The fourth-order valence-electron chi connectivity index (χ4n) is 3.26. The van der Waals surface area contributed by atoms with Gasteiger partial charge in [-0.1, -0.05) is 25.2 Å². The summed E-state index contributed by atoms with van der Waals surface area (Å²) in [5, 5.41) is 26.0. The molecule has 0 aliphatic heterocycles. The molecule has 3 rings (SSSR count). The molecule has 0 aliphatic rings. The summed E-state index contributed by atoms with van der Waals surface area (Å²) < 4.78 is 1.66. The number of hydrogen-bond acceptors (Lipinski definition) is 7. The van der Waals surface area contributed by atoms with E-state index in [1.165, 1.54) is 17.5 Å². The van der Waals surface area contributed by atoms with E-state index in [2.05, 4.69) is 45.5 Å². The van der Waals surface area contributed by atoms with Crippen molar-refractivity contribution in [2.45, 2.75) is 59.3 Å². The number of hydrogen-bond donors (Lipinski definition) is 1. The number of fused-ring (bicyclic) bond motifs is 1. The molecule has 0 aliphatic carbocycles. The first-order valence-corrected chi connectivity index (χ1v) is 10.2. The maximum atomic E-state index is 12.4. The van der Waals surface area contributed by atoms with Crippen LogP contribution in [-0.4, -0.2) is 30.7 Å². The third-order valence-corrected chi connectivity index (χ3v) is 5.95. The quantitative estimate of drug-likeness (QED) is 0.653. The predicted octanol–water partition coefficient (Wildman–Crippen LogP) is 3.54. The van der Waals surface area contributed by atoms with Crippen molar-refractivity contribution in [2.75, 3.05) is 5.32 Å². The highest BCUT2D eigenvalue weighted by atomic mass is 32.1. The Kier molecular flexibility index (Phi) is 5.99. The Hall–Kier alpha value is -2.86. The molecular weight excluding hydrogens is 374 g/mol. The Morgan fingerprint density at radius 1 is 1.32 bits per heavy atom. The largest absolute Gasteiger partial charge is 0.301 e. The summed E-state index contributed by atoms with van der Waals surface area (Å²) in [7, 11) is 0. The van der Waals surface area contributed by atoms with Gasteiger partial charge in [-0.3, -0.25) is 4.79 Å². The zero-order valence-electron chi connectivity index (χ0n) is 16.5. The van der Waals surface area contributed by atoms with Gasteiger partial charge in [0, 0.05) is 23.7 Å². The summed E-state index contributed by atoms with van der Waals surface area (Å²) in [4.78, 5) is 16.9. The van der Waals surface area contributed by atoms with Gasteiger partial charge in [0.1, 0.15) is 16.6 Å². The lowest BCUT2D eigenvalue weighted by Crippen LogP contribution is -2.14. The number of nitrogens with one attached hydrogen (secondary N) is 1. The molecule has 3 heterocycles. The second-order valence-corrected chi connectivity index (χ2v) is 7.68. The molecule has 0 saturated carbocycles. The molecule has 0 radical (unpaired) electrons. The first-order chi connectivity index (χ1) is 13.5. The number of nitriles is 1. The molecule has 3 aromatic heterocycles. The standard InChI is InChI=1S/C19H23N7OS/c1-5-13(6-2)18-24-25-19(28-18)23-16(27)8-7-15-11(3)22-17-14(9-20)10-21-26(17)12(15)4/h10,13H,5-8H2,1-4H3,(H,23,25,27). The van der Waals surface area contributed by atoms with Gasteiger partial charge >= 0.3 is 0 Å². The number of carbonyl (C=O) groups excluding carboxylic acids is 1. The lowest BCUT2D eigenvalue weighted by atomic mass is 10.1. The van der Waals surface area contributed by atoms with Gasteiger partial charge in [-0.2, -0.15) is 10.4 Å². The van der Waals surface area contributed by atoms with E-state index in [4.69, 9.17) is 5.26 Å². The number of nitrogens with zero attached hydrogens (tertiary/aromatic N) is 6. The zero-order chi connectivity index (χ0) is 20.3. The average Bonchev–Trinajstić information content (AvgIpc) is 3.29. The van der Waals surface area contributed by atoms with E-state index < -0.39 is 0 Å². The summed E-state index contributed by atoms with van der Waals surface area (Å²) in [6, 6.07) is 2.10. The number of anilines is 1. The second kappa shape index (κ2) is 8.44. The summed E-state index contributed by atoms with van der Waals surface area (Å²) in [5.74, 6) is 0.281. The van der Waals surface area contributed by atoms with Gasteiger partial charge in [0.15, 0.2) is 5.65 Å². The minimum Gasteiger partial charge on any atom is -0.301 e. The van der Waals surface area contributed by atoms with E-state index in [1.54, 1.807) is 4.52 Å². The monoisotopic (exact) mass is 397 g/mol. The molecule has 0 saturated heterocycles. The normalized spacial score (nSPS) is 11.1. The number of rotatable bonds is 7. The van der Waals surface area contributed by atoms with Crippen LogP contribution in [0.25, 0.3) is 5.65 Å². The summed E-state index contributed by atoms with van der Waals surface area (Å²) >= 11 is 1.44. The van der Waals surface area contributed by atoms with Crippen LogP contribution >= 0.6 is 11.3 Å². The van der Waals surface area contributed by atoms with Crippen molar-refractivity contribution in [3.8, 4) is 6.07 Å². The lowest BCUT2D eigenvalue weighted by molar-refractivity contribution is -0.116. The highest BCUT2D eigenvalue weighted by Crippen LogP contribution is 2.28. The van der Waals surface area contributed by atoms with Crippen molar-refractivity contribution in [2.24, 2.45) is 0 Å². The molecule has 0 atom stereocenters. The number of amides is 1. The van der Waals surface area contributed by atoms with E-state index in [0.29, 0.717) is 35.1 Å². The Balaban J connectivity index is 1.69. The van der Waals surface area contributed by atoms with E-state index >= 15 is 0 Å². The van der Waals surface area contributed by atoms with Gasteiger partial charge in [-0.15, -0.1) is 10.2 Å². The third-order valence-electron chi connectivity index (χ3n) is 4.95. The van der Waals surface area contributed by atoms with Crippen LogP contribution in [0.4, 0.5) is 5.13 Å². The van der Waals surface area contributed by atoms with Gasteiger partial charge in [0.2, 0.25) is 11.0 Å². The van der Waals surface area contributed by atoms with Gasteiger partial charge in [-0.25, -0.2) is 9.50 Å². The van der Waals surface area contributed by atoms with Crippen LogP contribution in [0.2, 0.25) is 0 Å². The summed E-state index contributed by atoms with van der Waals surface area (Å²) in [6.45, 7) is 8.07. The van der Waals surface area contributed by atoms with E-state index in [1.807, 2.05) is 13.8 Å². The van der Waals surface area contributed by atoms with E-state index in [0.717, 1.165) is 34.8 Å². The van der Waals surface area contributed by atoms with Crippen molar-refractivity contribution < 1.29 is 4.79 Å². The van der Waals surface area contributed by atoms with Crippen LogP contribution in [0.1, 0.15) is 66.6 Å². The maximum Gasteiger partial charge on any atom is 0.226 e. The predicted molar refractivity (Wildman–Crippen MR) is 107 cm³/mol. The second-order valence-electron chi connectivity index (χ2n) is 6.67. The number of aromatic nitrogens is 5. The molecular formula is C19H23N7OS. The van der Waals surface area contributed by atoms with Crippen LogP contribution in [0, 0.1) is 25.2 Å². The molecule has 0 spiro atoms. The Bertz CT molecular complexity index is 1040. The van der Waals surface area contributed by atoms with Crippen molar-refractivity contribution in [1.29, 1.82) is 5.26 Å². The molecule has 0 bridgehead atoms. The van der Waals surface area contributed by atoms with Crippen molar-refractivity contribution >= 4 is 28.0 Å². The minimum atomic E-state index is -0.107. The fraction of sp³-hybridized carbons (Fsp3) is 0.474. The van der Waals surface area contributed by atoms with Crippen LogP contribution in [-0.2, 0) is 11.2 Å². The topological polar surface area (TPSA) is 109 Å². The fourth-order valence-corrected chi connectivity index (χ4v) is 4.29. The van der Waals surface area contributed by atoms with Crippen LogP contribution < -0.4 is 5.32 Å². The van der Waals surface area contributed by atoms with Crippen molar-refractivity contribution in [1.82, 2.24) is 24.8 Å². The average molecular weight is 398 g/mol. The maximum absolute atomic E-state index is 12.4. The van der Waals surface area contributed by atoms with E-state index in [9.17, 15) is 4.79 Å². The molecule has 8 nitrogen and oxygen atoms in total. The Morgan fingerprint density at radius 3 is 2.75 bits per heavy atom. The molecule has 0 aromatic carbocycles. The van der Waals surface area contributed by atoms with Gasteiger partial charge in [0.25, 0.3) is 0 Å². The highest BCUT2D eigenvalue weighted by molar-refractivity contribution is 7.15. The third kappa shape index (κ3) is 3.87. The smallest absolute Gasteiger partial charge is 0.226 e. The molecule has 1 amide bonds. The molecule has 9 heteroatoms. The van der Waals surface area contributed by atoms with Gasteiger partial charge in [-0.05, 0) is 38.7 Å². The number of carbonyl (C=O) groups is 1. The summed E-state index contributed by atoms with van der Waals surface area (Å²) in [5.41, 5.74) is 3.66. The highest BCUT2D eigenvalue weighted by Gasteiger charge is 2.17. The Morgan fingerprint density at radius 2 is 2.07 bits per heavy atom. The zero-order valence-corrected chi connectivity index (χ0v) is 17.3. The molecule has 146 valence electrons. The van der Waals surface area contributed by atoms with Crippen LogP contribution in [0.3, 0.4) is 0 Å². The molecule has 1 N–H and O–H groups in total. The molecule has 28 heavy (non-hydrogen) atoms.